The Morgan fingerprint density at radius 3 is 2.50 bits per heavy atom. The highest BCUT2D eigenvalue weighted by Gasteiger charge is 2.23. The number of anilines is 1. The van der Waals surface area contributed by atoms with Crippen molar-refractivity contribution in [2.75, 3.05) is 5.32 Å². The van der Waals surface area contributed by atoms with E-state index in [0.29, 0.717) is 11.3 Å². The van der Waals surface area contributed by atoms with Gasteiger partial charge in [-0.25, -0.2) is 13.1 Å². The summed E-state index contributed by atoms with van der Waals surface area (Å²) in [6.07, 6.45) is 3.30. The average Bonchev–Trinajstić information content (AvgIpc) is 3.23. The van der Waals surface area contributed by atoms with Crippen LogP contribution in [0.2, 0.25) is 0 Å². The van der Waals surface area contributed by atoms with Crippen LogP contribution in [-0.4, -0.2) is 35.6 Å². The van der Waals surface area contributed by atoms with Crippen molar-refractivity contribution in [3.63, 3.8) is 0 Å². The third-order valence-electron chi connectivity index (χ3n) is 4.73. The maximum atomic E-state index is 12.8. The molecular weight excluding hydrogens is 454 g/mol. The maximum absolute atomic E-state index is 12.8. The molecule has 1 heterocycles. The lowest BCUT2D eigenvalue weighted by molar-refractivity contribution is -0.116. The molecule has 0 fully saturated rings. The zero-order chi connectivity index (χ0) is 24.9. The Morgan fingerprint density at radius 2 is 1.82 bits per heavy atom. The molecule has 2 amide bonds. The minimum absolute atomic E-state index is 0.0278. The summed E-state index contributed by atoms with van der Waals surface area (Å²) in [7, 11) is -3.77. The largest absolute Gasteiger partial charge is 0.348 e. The SMILES string of the molecule is Cc1ccc(S(=O)(=O)NC(C)(C)C)cc1C(=O)NCc1cccc(NC(=O)Cn2cccn2)c1. The van der Waals surface area contributed by atoms with Gasteiger partial charge >= 0.3 is 0 Å². The van der Waals surface area contributed by atoms with Gasteiger partial charge in [0.15, 0.2) is 0 Å². The van der Waals surface area contributed by atoms with E-state index in [2.05, 4.69) is 20.5 Å². The van der Waals surface area contributed by atoms with Crippen LogP contribution < -0.4 is 15.4 Å². The number of sulfonamides is 1. The van der Waals surface area contributed by atoms with Crippen LogP contribution in [0.5, 0.6) is 0 Å². The van der Waals surface area contributed by atoms with E-state index >= 15 is 0 Å². The van der Waals surface area contributed by atoms with Crippen molar-refractivity contribution in [1.29, 1.82) is 0 Å². The third kappa shape index (κ3) is 7.00. The topological polar surface area (TPSA) is 122 Å². The number of hydrogen-bond donors (Lipinski definition) is 3. The second-order valence-electron chi connectivity index (χ2n) is 8.97. The Balaban J connectivity index is 1.66. The van der Waals surface area contributed by atoms with Gasteiger partial charge in [-0.3, -0.25) is 14.3 Å². The Labute approximate surface area is 199 Å². The molecule has 0 unspecified atom stereocenters. The summed E-state index contributed by atoms with van der Waals surface area (Å²) in [6, 6.07) is 13.3. The highest BCUT2D eigenvalue weighted by Crippen LogP contribution is 2.18. The number of carbonyl (C=O) groups excluding carboxylic acids is 2. The predicted molar refractivity (Wildman–Crippen MR) is 130 cm³/mol. The normalized spacial score (nSPS) is 11.8. The summed E-state index contributed by atoms with van der Waals surface area (Å²) in [5.74, 6) is -0.610. The van der Waals surface area contributed by atoms with Crippen LogP contribution in [0.4, 0.5) is 5.69 Å². The molecule has 0 saturated carbocycles. The lowest BCUT2D eigenvalue weighted by Crippen LogP contribution is -2.40. The highest BCUT2D eigenvalue weighted by molar-refractivity contribution is 7.89. The molecule has 0 atom stereocenters. The molecule has 0 bridgehead atoms. The molecular formula is C24H29N5O4S. The summed E-state index contributed by atoms with van der Waals surface area (Å²) in [5, 5.41) is 9.63. The van der Waals surface area contributed by atoms with Gasteiger partial charge in [0.25, 0.3) is 5.91 Å². The molecule has 3 N–H and O–H groups in total. The summed E-state index contributed by atoms with van der Waals surface area (Å²) in [5.41, 5.74) is 1.67. The van der Waals surface area contributed by atoms with E-state index in [4.69, 9.17) is 0 Å². The fourth-order valence-electron chi connectivity index (χ4n) is 3.25. The molecule has 34 heavy (non-hydrogen) atoms. The number of aromatic nitrogens is 2. The molecule has 0 aliphatic carbocycles. The van der Waals surface area contributed by atoms with E-state index in [1.807, 2.05) is 6.07 Å². The Bertz CT molecular complexity index is 1280. The first-order valence-electron chi connectivity index (χ1n) is 10.7. The lowest BCUT2D eigenvalue weighted by atomic mass is 10.1. The van der Waals surface area contributed by atoms with Gasteiger partial charge in [0.1, 0.15) is 6.54 Å². The van der Waals surface area contributed by atoms with Crippen molar-refractivity contribution < 1.29 is 18.0 Å². The van der Waals surface area contributed by atoms with Gasteiger partial charge in [-0.1, -0.05) is 18.2 Å². The average molecular weight is 484 g/mol. The van der Waals surface area contributed by atoms with Crippen LogP contribution in [0.3, 0.4) is 0 Å². The molecule has 10 heteroatoms. The first kappa shape index (κ1) is 25.1. The van der Waals surface area contributed by atoms with E-state index in [0.717, 1.165) is 5.56 Å². The quantitative estimate of drug-likeness (QED) is 0.455. The van der Waals surface area contributed by atoms with Gasteiger partial charge < -0.3 is 10.6 Å². The second-order valence-corrected chi connectivity index (χ2v) is 10.6. The van der Waals surface area contributed by atoms with E-state index < -0.39 is 21.5 Å². The number of nitrogens with one attached hydrogen (secondary N) is 3. The fraction of sp³-hybridized carbons (Fsp3) is 0.292. The number of carbonyl (C=O) groups is 2. The molecule has 0 spiro atoms. The monoisotopic (exact) mass is 483 g/mol. The van der Waals surface area contributed by atoms with Crippen molar-refractivity contribution in [2.24, 2.45) is 0 Å². The van der Waals surface area contributed by atoms with Gasteiger partial charge in [-0.15, -0.1) is 0 Å². The van der Waals surface area contributed by atoms with E-state index in [1.165, 1.54) is 16.8 Å². The van der Waals surface area contributed by atoms with E-state index in [-0.39, 0.29) is 29.5 Å². The molecule has 0 aliphatic rings. The number of amides is 2. The number of hydrogen-bond acceptors (Lipinski definition) is 5. The molecule has 0 saturated heterocycles. The molecule has 2 aromatic carbocycles. The summed E-state index contributed by atoms with van der Waals surface area (Å²) in [6.45, 7) is 7.30. The number of rotatable bonds is 8. The van der Waals surface area contributed by atoms with Crippen molar-refractivity contribution in [1.82, 2.24) is 19.8 Å². The van der Waals surface area contributed by atoms with Crippen LogP contribution in [0.1, 0.15) is 42.3 Å². The smallest absolute Gasteiger partial charge is 0.251 e. The summed E-state index contributed by atoms with van der Waals surface area (Å²) >= 11 is 0. The molecule has 9 nitrogen and oxygen atoms in total. The predicted octanol–water partition coefficient (Wildman–Crippen LogP) is 2.84. The molecule has 0 radical (unpaired) electrons. The zero-order valence-corrected chi connectivity index (χ0v) is 20.4. The Kier molecular flexibility index (Phi) is 7.53. The second kappa shape index (κ2) is 10.2. The third-order valence-corrected chi connectivity index (χ3v) is 6.49. The van der Waals surface area contributed by atoms with E-state index in [1.54, 1.807) is 70.4 Å². The standard InChI is InChI=1S/C24H29N5O4S/c1-17-9-10-20(34(32,33)28-24(2,3)4)14-21(17)23(31)25-15-18-7-5-8-19(13-18)27-22(30)16-29-12-6-11-26-29/h5-14,28H,15-16H2,1-4H3,(H,25,31)(H,27,30). The summed E-state index contributed by atoms with van der Waals surface area (Å²) < 4.78 is 29.4. The van der Waals surface area contributed by atoms with Gasteiger partial charge in [-0.05, 0) is 69.2 Å². The van der Waals surface area contributed by atoms with E-state index in [9.17, 15) is 18.0 Å². The van der Waals surface area contributed by atoms with Crippen LogP contribution in [0.25, 0.3) is 0 Å². The number of aryl methyl sites for hydroxylation is 1. The Hall–Kier alpha value is -3.50. The maximum Gasteiger partial charge on any atom is 0.251 e. The highest BCUT2D eigenvalue weighted by atomic mass is 32.2. The van der Waals surface area contributed by atoms with Crippen molar-refractivity contribution in [2.45, 2.75) is 51.2 Å². The first-order valence-corrected chi connectivity index (χ1v) is 12.2. The van der Waals surface area contributed by atoms with Gasteiger partial charge in [0.2, 0.25) is 15.9 Å². The molecule has 3 rings (SSSR count). The van der Waals surface area contributed by atoms with Crippen LogP contribution in [0.15, 0.2) is 65.8 Å². The van der Waals surface area contributed by atoms with Crippen LogP contribution >= 0.6 is 0 Å². The van der Waals surface area contributed by atoms with Gasteiger partial charge in [-0.2, -0.15) is 5.10 Å². The van der Waals surface area contributed by atoms with Crippen molar-refractivity contribution in [3.8, 4) is 0 Å². The Morgan fingerprint density at radius 1 is 1.06 bits per heavy atom. The number of benzene rings is 2. The minimum Gasteiger partial charge on any atom is -0.348 e. The van der Waals surface area contributed by atoms with Crippen molar-refractivity contribution in [3.05, 3.63) is 77.6 Å². The molecule has 180 valence electrons. The van der Waals surface area contributed by atoms with Gasteiger partial charge in [0, 0.05) is 35.7 Å². The minimum atomic E-state index is -3.77. The van der Waals surface area contributed by atoms with Gasteiger partial charge in [0.05, 0.1) is 4.90 Å². The zero-order valence-electron chi connectivity index (χ0n) is 19.6. The summed E-state index contributed by atoms with van der Waals surface area (Å²) in [4.78, 5) is 25.0. The number of nitrogens with zero attached hydrogens (tertiary/aromatic N) is 2. The van der Waals surface area contributed by atoms with Crippen LogP contribution in [-0.2, 0) is 27.9 Å². The first-order chi connectivity index (χ1) is 15.9. The van der Waals surface area contributed by atoms with Crippen molar-refractivity contribution >= 4 is 27.5 Å². The molecule has 1 aromatic heterocycles. The fourth-order valence-corrected chi connectivity index (χ4v) is 4.70. The molecule has 3 aromatic rings. The molecule has 0 aliphatic heterocycles. The lowest BCUT2D eigenvalue weighted by Gasteiger charge is -2.20. The van der Waals surface area contributed by atoms with Crippen LogP contribution in [0, 0.1) is 6.92 Å².